The lowest BCUT2D eigenvalue weighted by Gasteiger charge is -2.15. The summed E-state index contributed by atoms with van der Waals surface area (Å²) in [6.07, 6.45) is -1.19. The molecule has 23 heavy (non-hydrogen) atoms. The second-order valence-corrected chi connectivity index (χ2v) is 5.18. The number of primary amides is 1. The lowest BCUT2D eigenvalue weighted by Crippen LogP contribution is -2.42. The van der Waals surface area contributed by atoms with Crippen molar-refractivity contribution < 1.29 is 28.6 Å². The normalized spacial score (nSPS) is 11.3. The Labute approximate surface area is 141 Å². The SMILES string of the molecule is CCOc1c(Br)cc(C(=O)O[C@H](C)C(=O)NC(N)=O)cc1OC. The third-order valence-corrected chi connectivity index (χ3v) is 3.24. The summed E-state index contributed by atoms with van der Waals surface area (Å²) in [6, 6.07) is 1.88. The number of methoxy groups -OCH3 is 1. The molecular formula is C14H17BrN2O6. The highest BCUT2D eigenvalue weighted by Crippen LogP contribution is 2.36. The fourth-order valence-electron chi connectivity index (χ4n) is 1.63. The highest BCUT2D eigenvalue weighted by Gasteiger charge is 2.22. The van der Waals surface area contributed by atoms with Gasteiger partial charge in [0.25, 0.3) is 5.91 Å². The molecule has 0 aliphatic carbocycles. The third-order valence-electron chi connectivity index (χ3n) is 2.65. The third kappa shape index (κ3) is 5.13. The quantitative estimate of drug-likeness (QED) is 0.714. The summed E-state index contributed by atoms with van der Waals surface area (Å²) >= 11 is 3.28. The van der Waals surface area contributed by atoms with Crippen LogP contribution in [0.25, 0.3) is 0 Å². The molecule has 9 heteroatoms. The molecule has 126 valence electrons. The lowest BCUT2D eigenvalue weighted by atomic mass is 10.2. The van der Waals surface area contributed by atoms with E-state index in [1.807, 2.05) is 12.2 Å². The molecule has 0 saturated heterocycles. The number of esters is 1. The van der Waals surface area contributed by atoms with Crippen molar-refractivity contribution in [2.24, 2.45) is 5.73 Å². The topological polar surface area (TPSA) is 117 Å². The molecule has 0 saturated carbocycles. The number of urea groups is 1. The Kier molecular flexibility index (Phi) is 6.83. The van der Waals surface area contributed by atoms with Gasteiger partial charge in [-0.05, 0) is 41.9 Å². The molecule has 0 aromatic heterocycles. The van der Waals surface area contributed by atoms with Crippen LogP contribution in [0.4, 0.5) is 4.79 Å². The molecule has 0 heterocycles. The van der Waals surface area contributed by atoms with Crippen LogP contribution in [0.5, 0.6) is 11.5 Å². The van der Waals surface area contributed by atoms with E-state index in [2.05, 4.69) is 15.9 Å². The van der Waals surface area contributed by atoms with E-state index in [9.17, 15) is 14.4 Å². The van der Waals surface area contributed by atoms with E-state index in [0.29, 0.717) is 22.6 Å². The number of nitrogens with one attached hydrogen (secondary N) is 1. The number of benzene rings is 1. The van der Waals surface area contributed by atoms with Crippen molar-refractivity contribution in [3.8, 4) is 11.5 Å². The zero-order valence-electron chi connectivity index (χ0n) is 12.8. The Hall–Kier alpha value is -2.29. The monoisotopic (exact) mass is 388 g/mol. The van der Waals surface area contributed by atoms with E-state index in [1.54, 1.807) is 0 Å². The Morgan fingerprint density at radius 2 is 2.00 bits per heavy atom. The van der Waals surface area contributed by atoms with Gasteiger partial charge >= 0.3 is 12.0 Å². The van der Waals surface area contributed by atoms with Crippen LogP contribution in [-0.4, -0.2) is 37.7 Å². The predicted molar refractivity (Wildman–Crippen MR) is 84.5 cm³/mol. The molecule has 0 unspecified atom stereocenters. The van der Waals surface area contributed by atoms with Crippen molar-refractivity contribution in [1.82, 2.24) is 5.32 Å². The second-order valence-electron chi connectivity index (χ2n) is 4.32. The number of nitrogens with two attached hydrogens (primary N) is 1. The molecule has 0 radical (unpaired) electrons. The first-order chi connectivity index (χ1) is 10.8. The van der Waals surface area contributed by atoms with Crippen LogP contribution in [0.1, 0.15) is 24.2 Å². The predicted octanol–water partition coefficient (Wildman–Crippen LogP) is 1.60. The number of carbonyl (C=O) groups excluding carboxylic acids is 3. The van der Waals surface area contributed by atoms with Crippen molar-refractivity contribution in [2.45, 2.75) is 20.0 Å². The van der Waals surface area contributed by atoms with E-state index >= 15 is 0 Å². The molecule has 3 N–H and O–H groups in total. The molecule has 0 fully saturated rings. The van der Waals surface area contributed by atoms with Crippen molar-refractivity contribution >= 4 is 33.8 Å². The van der Waals surface area contributed by atoms with Gasteiger partial charge in [-0.1, -0.05) is 0 Å². The molecule has 3 amide bonds. The van der Waals surface area contributed by atoms with Crippen molar-refractivity contribution in [3.05, 3.63) is 22.2 Å². The van der Waals surface area contributed by atoms with Crippen LogP contribution in [0.3, 0.4) is 0 Å². The van der Waals surface area contributed by atoms with Gasteiger partial charge in [0.15, 0.2) is 17.6 Å². The van der Waals surface area contributed by atoms with E-state index < -0.39 is 24.0 Å². The summed E-state index contributed by atoms with van der Waals surface area (Å²) in [5, 5.41) is 1.83. The van der Waals surface area contributed by atoms with E-state index in [-0.39, 0.29) is 5.56 Å². The molecule has 0 bridgehead atoms. The number of amides is 3. The average molecular weight is 389 g/mol. The minimum Gasteiger partial charge on any atom is -0.493 e. The van der Waals surface area contributed by atoms with E-state index in [0.717, 1.165) is 0 Å². The van der Waals surface area contributed by atoms with Gasteiger partial charge in [0, 0.05) is 0 Å². The zero-order valence-corrected chi connectivity index (χ0v) is 14.4. The summed E-state index contributed by atoms with van der Waals surface area (Å²) < 4.78 is 16.1. The molecule has 0 aliphatic rings. The zero-order chi connectivity index (χ0) is 17.6. The van der Waals surface area contributed by atoms with E-state index in [4.69, 9.17) is 19.9 Å². The Morgan fingerprint density at radius 3 is 2.52 bits per heavy atom. The van der Waals surface area contributed by atoms with Gasteiger partial charge < -0.3 is 19.9 Å². The van der Waals surface area contributed by atoms with Gasteiger partial charge in [0.05, 0.1) is 23.8 Å². The fourth-order valence-corrected chi connectivity index (χ4v) is 2.18. The van der Waals surface area contributed by atoms with Gasteiger partial charge in [-0.2, -0.15) is 0 Å². The van der Waals surface area contributed by atoms with Crippen LogP contribution >= 0.6 is 15.9 Å². The fraction of sp³-hybridized carbons (Fsp3) is 0.357. The largest absolute Gasteiger partial charge is 0.493 e. The maximum Gasteiger partial charge on any atom is 0.339 e. The minimum atomic E-state index is -1.19. The standard InChI is InChI=1S/C14H17BrN2O6/c1-4-22-11-9(15)5-8(6-10(11)21-3)13(19)23-7(2)12(18)17-14(16)20/h5-7H,4H2,1-3H3,(H3,16,17,18,20)/t7-/m1/s1. The van der Waals surface area contributed by atoms with Crippen LogP contribution in [0.15, 0.2) is 16.6 Å². The molecule has 1 aromatic carbocycles. The maximum atomic E-state index is 12.1. The van der Waals surface area contributed by atoms with Gasteiger partial charge in [-0.15, -0.1) is 0 Å². The maximum absolute atomic E-state index is 12.1. The molecule has 8 nitrogen and oxygen atoms in total. The summed E-state index contributed by atoms with van der Waals surface area (Å²) in [4.78, 5) is 34.2. The van der Waals surface area contributed by atoms with Gasteiger partial charge in [0.2, 0.25) is 0 Å². The van der Waals surface area contributed by atoms with Gasteiger partial charge in [0.1, 0.15) is 0 Å². The summed E-state index contributed by atoms with van der Waals surface area (Å²) in [5.41, 5.74) is 4.98. The highest BCUT2D eigenvalue weighted by atomic mass is 79.9. The molecule has 1 rings (SSSR count). The van der Waals surface area contributed by atoms with Crippen LogP contribution in [0.2, 0.25) is 0 Å². The van der Waals surface area contributed by atoms with Crippen molar-refractivity contribution in [1.29, 1.82) is 0 Å². The number of ether oxygens (including phenoxy) is 3. The number of hydrogen-bond donors (Lipinski definition) is 2. The molecular weight excluding hydrogens is 372 g/mol. The van der Waals surface area contributed by atoms with Gasteiger partial charge in [-0.3, -0.25) is 10.1 Å². The molecule has 1 atom stereocenters. The highest BCUT2D eigenvalue weighted by molar-refractivity contribution is 9.10. The molecule has 1 aromatic rings. The Balaban J connectivity index is 2.94. The second kappa shape index (κ2) is 8.37. The smallest absolute Gasteiger partial charge is 0.339 e. The van der Waals surface area contributed by atoms with Crippen LogP contribution < -0.4 is 20.5 Å². The average Bonchev–Trinajstić information content (AvgIpc) is 2.48. The number of rotatable bonds is 6. The number of carbonyl (C=O) groups is 3. The molecule has 0 aliphatic heterocycles. The van der Waals surface area contributed by atoms with Crippen molar-refractivity contribution in [3.63, 3.8) is 0 Å². The summed E-state index contributed by atoms with van der Waals surface area (Å²) in [7, 11) is 1.43. The van der Waals surface area contributed by atoms with Crippen molar-refractivity contribution in [2.75, 3.05) is 13.7 Å². The Morgan fingerprint density at radius 1 is 1.35 bits per heavy atom. The van der Waals surface area contributed by atoms with Crippen LogP contribution in [-0.2, 0) is 9.53 Å². The summed E-state index contributed by atoms with van der Waals surface area (Å²) in [5.74, 6) is -0.796. The van der Waals surface area contributed by atoms with Crippen LogP contribution in [0, 0.1) is 0 Å². The number of hydrogen-bond acceptors (Lipinski definition) is 6. The Bertz CT molecular complexity index is 620. The van der Waals surface area contributed by atoms with E-state index in [1.165, 1.54) is 26.2 Å². The first kappa shape index (κ1) is 18.8. The number of halogens is 1. The van der Waals surface area contributed by atoms with Gasteiger partial charge in [-0.25, -0.2) is 9.59 Å². The first-order valence-corrected chi connectivity index (χ1v) is 7.41. The molecule has 0 spiro atoms. The summed E-state index contributed by atoms with van der Waals surface area (Å²) in [6.45, 7) is 3.55. The lowest BCUT2D eigenvalue weighted by molar-refractivity contribution is -0.127. The minimum absolute atomic E-state index is 0.149. The number of imide groups is 1. The first-order valence-electron chi connectivity index (χ1n) is 6.61.